The minimum absolute atomic E-state index is 0.516. The van der Waals surface area contributed by atoms with E-state index < -0.39 is 0 Å². The smallest absolute Gasteiger partial charge is 0.185 e. The Kier molecular flexibility index (Phi) is 6.52. The van der Waals surface area contributed by atoms with Crippen LogP contribution in [0.1, 0.15) is 46.2 Å². The molecule has 1 N–H and O–H groups in total. The zero-order valence-electron chi connectivity index (χ0n) is 11.5. The molecule has 0 amide bonds. The van der Waals surface area contributed by atoms with Crippen molar-refractivity contribution in [3.63, 3.8) is 0 Å². The molecule has 0 aliphatic rings. The molecule has 0 bridgehead atoms. The molecule has 1 aromatic rings. The van der Waals surface area contributed by atoms with E-state index in [2.05, 4.69) is 43.3 Å². The van der Waals surface area contributed by atoms with E-state index in [0.717, 1.165) is 25.3 Å². The lowest BCUT2D eigenvalue weighted by atomic mass is 10.3. The Bertz CT molecular complexity index is 303. The molecule has 1 heterocycles. The number of nitrogens with one attached hydrogen (secondary N) is 1. The minimum Gasteiger partial charge on any atom is -0.348 e. The summed E-state index contributed by atoms with van der Waals surface area (Å²) in [5.74, 6) is 0. The summed E-state index contributed by atoms with van der Waals surface area (Å²) in [5.41, 5.74) is 1.16. The van der Waals surface area contributed by atoms with Crippen LogP contribution in [0.5, 0.6) is 0 Å². The van der Waals surface area contributed by atoms with Crippen LogP contribution in [-0.2, 0) is 6.54 Å². The van der Waals surface area contributed by atoms with Gasteiger partial charge < -0.3 is 10.2 Å². The molecule has 0 unspecified atom stereocenters. The van der Waals surface area contributed by atoms with Gasteiger partial charge in [0.15, 0.2) is 5.13 Å². The molecule has 0 spiro atoms. The molecule has 98 valence electrons. The molecule has 1 rings (SSSR count). The molecule has 0 saturated heterocycles. The van der Waals surface area contributed by atoms with Gasteiger partial charge >= 0.3 is 0 Å². The number of aromatic nitrogens is 1. The molecule has 4 heteroatoms. The maximum absolute atomic E-state index is 4.70. The van der Waals surface area contributed by atoms with Crippen LogP contribution in [0.25, 0.3) is 0 Å². The quantitative estimate of drug-likeness (QED) is 0.773. The highest BCUT2D eigenvalue weighted by atomic mass is 32.1. The second kappa shape index (κ2) is 7.67. The SMILES string of the molecule is CCCN(CCC)c1nc(CNC(C)C)cs1. The Morgan fingerprint density at radius 1 is 1.29 bits per heavy atom. The normalized spacial score (nSPS) is 11.1. The van der Waals surface area contributed by atoms with Crippen molar-refractivity contribution in [2.24, 2.45) is 0 Å². The lowest BCUT2D eigenvalue weighted by Gasteiger charge is -2.20. The summed E-state index contributed by atoms with van der Waals surface area (Å²) in [6.07, 6.45) is 2.36. The molecule has 0 aliphatic heterocycles. The number of hydrogen-bond donors (Lipinski definition) is 1. The van der Waals surface area contributed by atoms with Crippen LogP contribution in [0.4, 0.5) is 5.13 Å². The van der Waals surface area contributed by atoms with Gasteiger partial charge in [0.2, 0.25) is 0 Å². The summed E-state index contributed by atoms with van der Waals surface area (Å²) < 4.78 is 0. The zero-order chi connectivity index (χ0) is 12.7. The molecule has 17 heavy (non-hydrogen) atoms. The standard InChI is InChI=1S/C13H25N3S/c1-5-7-16(8-6-2)13-15-12(10-17-13)9-14-11(3)4/h10-11,14H,5-9H2,1-4H3. The minimum atomic E-state index is 0.516. The fourth-order valence-electron chi connectivity index (χ4n) is 1.67. The Hall–Kier alpha value is -0.610. The maximum atomic E-state index is 4.70. The van der Waals surface area contributed by atoms with E-state index in [1.807, 2.05) is 0 Å². The van der Waals surface area contributed by atoms with E-state index >= 15 is 0 Å². The van der Waals surface area contributed by atoms with Gasteiger partial charge in [-0.2, -0.15) is 0 Å². The zero-order valence-corrected chi connectivity index (χ0v) is 12.3. The summed E-state index contributed by atoms with van der Waals surface area (Å²) in [6, 6.07) is 0.516. The molecule has 0 fully saturated rings. The predicted molar refractivity (Wildman–Crippen MR) is 76.9 cm³/mol. The van der Waals surface area contributed by atoms with E-state index in [1.54, 1.807) is 11.3 Å². The number of rotatable bonds is 8. The van der Waals surface area contributed by atoms with Crippen LogP contribution in [0.2, 0.25) is 0 Å². The van der Waals surface area contributed by atoms with Gasteiger partial charge in [-0.3, -0.25) is 0 Å². The molecule has 0 radical (unpaired) electrons. The van der Waals surface area contributed by atoms with Crippen LogP contribution in [-0.4, -0.2) is 24.1 Å². The van der Waals surface area contributed by atoms with E-state index in [1.165, 1.54) is 18.0 Å². The van der Waals surface area contributed by atoms with Crippen molar-refractivity contribution in [1.82, 2.24) is 10.3 Å². The second-order valence-electron chi connectivity index (χ2n) is 4.64. The molecule has 0 aromatic carbocycles. The molecular formula is C13H25N3S. The molecule has 0 atom stereocenters. The van der Waals surface area contributed by atoms with Gasteiger partial charge in [0, 0.05) is 31.1 Å². The summed E-state index contributed by atoms with van der Waals surface area (Å²) in [4.78, 5) is 7.09. The number of thiazole rings is 1. The number of nitrogens with zero attached hydrogens (tertiary/aromatic N) is 2. The Morgan fingerprint density at radius 2 is 1.94 bits per heavy atom. The summed E-state index contributed by atoms with van der Waals surface area (Å²) in [7, 11) is 0. The van der Waals surface area contributed by atoms with Crippen molar-refractivity contribution in [1.29, 1.82) is 0 Å². The molecule has 1 aromatic heterocycles. The van der Waals surface area contributed by atoms with Crippen molar-refractivity contribution in [2.75, 3.05) is 18.0 Å². The van der Waals surface area contributed by atoms with Gasteiger partial charge in [0.05, 0.1) is 5.69 Å². The highest BCUT2D eigenvalue weighted by Gasteiger charge is 2.09. The summed E-state index contributed by atoms with van der Waals surface area (Å²) in [5, 5.41) is 6.75. The number of hydrogen-bond acceptors (Lipinski definition) is 4. The average Bonchev–Trinajstić information content (AvgIpc) is 2.74. The lowest BCUT2D eigenvalue weighted by Crippen LogP contribution is -2.25. The Morgan fingerprint density at radius 3 is 2.47 bits per heavy atom. The predicted octanol–water partition coefficient (Wildman–Crippen LogP) is 3.27. The average molecular weight is 255 g/mol. The summed E-state index contributed by atoms with van der Waals surface area (Å²) in [6.45, 7) is 11.9. The molecule has 3 nitrogen and oxygen atoms in total. The Balaban J connectivity index is 2.57. The van der Waals surface area contributed by atoms with Crippen LogP contribution < -0.4 is 10.2 Å². The third-order valence-electron chi connectivity index (χ3n) is 2.49. The van der Waals surface area contributed by atoms with Crippen molar-refractivity contribution in [3.05, 3.63) is 11.1 Å². The summed E-state index contributed by atoms with van der Waals surface area (Å²) >= 11 is 1.76. The van der Waals surface area contributed by atoms with Crippen LogP contribution in [0, 0.1) is 0 Å². The topological polar surface area (TPSA) is 28.2 Å². The first-order chi connectivity index (χ1) is 8.17. The first kappa shape index (κ1) is 14.5. The van der Waals surface area contributed by atoms with E-state index in [0.29, 0.717) is 6.04 Å². The van der Waals surface area contributed by atoms with Crippen molar-refractivity contribution in [3.8, 4) is 0 Å². The van der Waals surface area contributed by atoms with Crippen LogP contribution in [0.3, 0.4) is 0 Å². The first-order valence-electron chi connectivity index (χ1n) is 6.60. The third kappa shape index (κ3) is 5.04. The van der Waals surface area contributed by atoms with Gasteiger partial charge in [-0.05, 0) is 12.8 Å². The van der Waals surface area contributed by atoms with Crippen molar-refractivity contribution >= 4 is 16.5 Å². The molecule has 0 saturated carbocycles. The maximum Gasteiger partial charge on any atom is 0.185 e. The van der Waals surface area contributed by atoms with Crippen molar-refractivity contribution < 1.29 is 0 Å². The van der Waals surface area contributed by atoms with Gasteiger partial charge in [-0.25, -0.2) is 4.98 Å². The third-order valence-corrected chi connectivity index (χ3v) is 3.44. The fourth-order valence-corrected chi connectivity index (χ4v) is 2.55. The number of anilines is 1. The molecular weight excluding hydrogens is 230 g/mol. The van der Waals surface area contributed by atoms with Crippen LogP contribution >= 0.6 is 11.3 Å². The molecule has 0 aliphatic carbocycles. The van der Waals surface area contributed by atoms with Gasteiger partial charge in [0.25, 0.3) is 0 Å². The first-order valence-corrected chi connectivity index (χ1v) is 7.48. The van der Waals surface area contributed by atoms with E-state index in [4.69, 9.17) is 4.98 Å². The highest BCUT2D eigenvalue weighted by Crippen LogP contribution is 2.21. The van der Waals surface area contributed by atoms with Gasteiger partial charge in [0.1, 0.15) is 0 Å². The largest absolute Gasteiger partial charge is 0.348 e. The van der Waals surface area contributed by atoms with E-state index in [9.17, 15) is 0 Å². The highest BCUT2D eigenvalue weighted by molar-refractivity contribution is 7.13. The second-order valence-corrected chi connectivity index (χ2v) is 5.48. The Labute approximate surface area is 109 Å². The monoisotopic (exact) mass is 255 g/mol. The van der Waals surface area contributed by atoms with Gasteiger partial charge in [-0.1, -0.05) is 27.7 Å². The fraction of sp³-hybridized carbons (Fsp3) is 0.769. The van der Waals surface area contributed by atoms with Crippen LogP contribution in [0.15, 0.2) is 5.38 Å². The lowest BCUT2D eigenvalue weighted by molar-refractivity contribution is 0.582. The van der Waals surface area contributed by atoms with E-state index in [-0.39, 0.29) is 0 Å². The van der Waals surface area contributed by atoms with Gasteiger partial charge in [-0.15, -0.1) is 11.3 Å². The van der Waals surface area contributed by atoms with Crippen molar-refractivity contribution in [2.45, 2.75) is 53.1 Å².